The summed E-state index contributed by atoms with van der Waals surface area (Å²) in [6, 6.07) is 0.531. The summed E-state index contributed by atoms with van der Waals surface area (Å²) in [6.07, 6.45) is 8.34. The first kappa shape index (κ1) is 15.8. The summed E-state index contributed by atoms with van der Waals surface area (Å²) < 4.78 is 0. The summed E-state index contributed by atoms with van der Waals surface area (Å²) in [5, 5.41) is 3.35. The van der Waals surface area contributed by atoms with Crippen LogP contribution in [-0.4, -0.2) is 36.5 Å². The Morgan fingerprint density at radius 3 is 2.78 bits per heavy atom. The number of nitrogens with one attached hydrogen (secondary N) is 1. The topological polar surface area (TPSA) is 32.3 Å². The molecule has 0 aromatic carbocycles. The molecule has 0 bridgehead atoms. The number of piperidine rings is 2. The zero-order chi connectivity index (χ0) is 12.1. The SMILES string of the molecule is CCCC1CCCCN1C(=O)C1CCCNC1.Cl. The van der Waals surface area contributed by atoms with Gasteiger partial charge in [-0.2, -0.15) is 0 Å². The summed E-state index contributed by atoms with van der Waals surface area (Å²) in [5.41, 5.74) is 0. The van der Waals surface area contributed by atoms with Crippen LogP contribution >= 0.6 is 12.4 Å². The molecule has 1 N–H and O–H groups in total. The molecule has 2 aliphatic rings. The molecule has 0 aliphatic carbocycles. The Morgan fingerprint density at radius 2 is 2.11 bits per heavy atom. The van der Waals surface area contributed by atoms with Crippen LogP contribution in [0.4, 0.5) is 0 Å². The fraction of sp³-hybridized carbons (Fsp3) is 0.929. The fourth-order valence-corrected chi connectivity index (χ4v) is 3.22. The van der Waals surface area contributed by atoms with Gasteiger partial charge in [-0.25, -0.2) is 0 Å². The maximum Gasteiger partial charge on any atom is 0.227 e. The maximum absolute atomic E-state index is 12.5. The Kier molecular flexibility index (Phi) is 7.02. The first-order valence-electron chi connectivity index (χ1n) is 7.34. The largest absolute Gasteiger partial charge is 0.339 e. The first-order valence-corrected chi connectivity index (χ1v) is 7.34. The predicted molar refractivity (Wildman–Crippen MR) is 77.1 cm³/mol. The molecule has 0 saturated carbocycles. The van der Waals surface area contributed by atoms with Crippen molar-refractivity contribution in [3.63, 3.8) is 0 Å². The number of carbonyl (C=O) groups is 1. The second-order valence-electron chi connectivity index (χ2n) is 5.51. The third-order valence-corrected chi connectivity index (χ3v) is 4.18. The van der Waals surface area contributed by atoms with Gasteiger partial charge in [-0.15, -0.1) is 12.4 Å². The van der Waals surface area contributed by atoms with E-state index in [9.17, 15) is 4.79 Å². The third-order valence-electron chi connectivity index (χ3n) is 4.18. The molecular weight excluding hydrogens is 248 g/mol. The third kappa shape index (κ3) is 3.86. The summed E-state index contributed by atoms with van der Waals surface area (Å²) in [6.45, 7) is 5.20. The van der Waals surface area contributed by atoms with Gasteiger partial charge in [-0.3, -0.25) is 4.79 Å². The second-order valence-corrected chi connectivity index (χ2v) is 5.51. The van der Waals surface area contributed by atoms with E-state index in [4.69, 9.17) is 0 Å². The van der Waals surface area contributed by atoms with E-state index >= 15 is 0 Å². The summed E-state index contributed by atoms with van der Waals surface area (Å²) >= 11 is 0. The Morgan fingerprint density at radius 1 is 1.28 bits per heavy atom. The van der Waals surface area contributed by atoms with E-state index in [1.165, 1.54) is 32.1 Å². The quantitative estimate of drug-likeness (QED) is 0.858. The van der Waals surface area contributed by atoms with Gasteiger partial charge < -0.3 is 10.2 Å². The van der Waals surface area contributed by atoms with Crippen molar-refractivity contribution >= 4 is 18.3 Å². The molecule has 2 heterocycles. The number of hydrogen-bond donors (Lipinski definition) is 1. The molecule has 18 heavy (non-hydrogen) atoms. The number of rotatable bonds is 3. The van der Waals surface area contributed by atoms with Crippen LogP contribution in [0, 0.1) is 5.92 Å². The second kappa shape index (κ2) is 8.00. The molecule has 2 rings (SSSR count). The maximum atomic E-state index is 12.5. The lowest BCUT2D eigenvalue weighted by atomic mass is 9.93. The summed E-state index contributed by atoms with van der Waals surface area (Å²) in [7, 11) is 0. The van der Waals surface area contributed by atoms with Crippen LogP contribution in [-0.2, 0) is 4.79 Å². The number of amides is 1. The van der Waals surface area contributed by atoms with Crippen LogP contribution in [0.2, 0.25) is 0 Å². The number of hydrogen-bond acceptors (Lipinski definition) is 2. The minimum atomic E-state index is 0. The Hall–Kier alpha value is -0.280. The molecule has 2 aliphatic heterocycles. The zero-order valence-corrected chi connectivity index (χ0v) is 12.3. The van der Waals surface area contributed by atoms with Crippen molar-refractivity contribution < 1.29 is 4.79 Å². The van der Waals surface area contributed by atoms with Gasteiger partial charge in [0.1, 0.15) is 0 Å². The van der Waals surface area contributed by atoms with Gasteiger partial charge in [-0.1, -0.05) is 13.3 Å². The highest BCUT2D eigenvalue weighted by atomic mass is 35.5. The minimum absolute atomic E-state index is 0. The first-order chi connectivity index (χ1) is 8.33. The molecule has 3 nitrogen and oxygen atoms in total. The molecule has 4 heteroatoms. The van der Waals surface area contributed by atoms with Gasteiger partial charge >= 0.3 is 0 Å². The van der Waals surface area contributed by atoms with Crippen molar-refractivity contribution in [2.24, 2.45) is 5.92 Å². The molecule has 0 aromatic rings. The molecule has 0 spiro atoms. The summed E-state index contributed by atoms with van der Waals surface area (Å²) in [5.74, 6) is 0.677. The molecule has 0 radical (unpaired) electrons. The monoisotopic (exact) mass is 274 g/mol. The van der Waals surface area contributed by atoms with E-state index in [-0.39, 0.29) is 18.3 Å². The molecule has 2 saturated heterocycles. The average molecular weight is 275 g/mol. The van der Waals surface area contributed by atoms with Crippen LogP contribution in [0.5, 0.6) is 0 Å². The highest BCUT2D eigenvalue weighted by Crippen LogP contribution is 2.24. The van der Waals surface area contributed by atoms with Crippen LogP contribution in [0.15, 0.2) is 0 Å². The Balaban J connectivity index is 0.00000162. The van der Waals surface area contributed by atoms with Gasteiger partial charge in [0.25, 0.3) is 0 Å². The Labute approximate surface area is 117 Å². The average Bonchev–Trinajstić information content (AvgIpc) is 2.40. The van der Waals surface area contributed by atoms with Gasteiger partial charge in [0.15, 0.2) is 0 Å². The van der Waals surface area contributed by atoms with Gasteiger partial charge in [0, 0.05) is 19.1 Å². The minimum Gasteiger partial charge on any atom is -0.339 e. The van der Waals surface area contributed by atoms with E-state index in [0.717, 1.165) is 32.5 Å². The zero-order valence-electron chi connectivity index (χ0n) is 11.5. The van der Waals surface area contributed by atoms with Crippen LogP contribution in [0.3, 0.4) is 0 Å². The molecule has 2 atom stereocenters. The molecular formula is C14H27ClN2O. The summed E-state index contributed by atoms with van der Waals surface area (Å²) in [4.78, 5) is 14.7. The highest BCUT2D eigenvalue weighted by molar-refractivity contribution is 5.85. The van der Waals surface area contributed by atoms with E-state index in [1.807, 2.05) is 0 Å². The molecule has 0 aromatic heterocycles. The van der Waals surface area contributed by atoms with E-state index in [1.54, 1.807) is 0 Å². The van der Waals surface area contributed by atoms with Crippen molar-refractivity contribution in [3.8, 4) is 0 Å². The van der Waals surface area contributed by atoms with Gasteiger partial charge in [0.05, 0.1) is 5.92 Å². The van der Waals surface area contributed by atoms with E-state index in [2.05, 4.69) is 17.1 Å². The van der Waals surface area contributed by atoms with Crippen molar-refractivity contribution in [2.75, 3.05) is 19.6 Å². The number of likely N-dealkylation sites (tertiary alicyclic amines) is 1. The number of carbonyl (C=O) groups excluding carboxylic acids is 1. The lowest BCUT2D eigenvalue weighted by Gasteiger charge is -2.38. The van der Waals surface area contributed by atoms with Gasteiger partial charge in [0.2, 0.25) is 5.91 Å². The fourth-order valence-electron chi connectivity index (χ4n) is 3.22. The normalized spacial score (nSPS) is 28.6. The van der Waals surface area contributed by atoms with E-state index in [0.29, 0.717) is 11.9 Å². The van der Waals surface area contributed by atoms with Crippen LogP contribution in [0.25, 0.3) is 0 Å². The highest BCUT2D eigenvalue weighted by Gasteiger charge is 2.31. The van der Waals surface area contributed by atoms with Crippen molar-refractivity contribution in [3.05, 3.63) is 0 Å². The van der Waals surface area contributed by atoms with Crippen LogP contribution in [0.1, 0.15) is 51.9 Å². The molecule has 106 valence electrons. The lowest BCUT2D eigenvalue weighted by Crippen LogP contribution is -2.49. The van der Waals surface area contributed by atoms with Crippen molar-refractivity contribution in [2.45, 2.75) is 57.9 Å². The molecule has 2 unspecified atom stereocenters. The molecule has 2 fully saturated rings. The molecule has 1 amide bonds. The van der Waals surface area contributed by atoms with Gasteiger partial charge in [-0.05, 0) is 45.1 Å². The van der Waals surface area contributed by atoms with E-state index < -0.39 is 0 Å². The Bertz CT molecular complexity index is 252. The predicted octanol–water partition coefficient (Wildman–Crippen LogP) is 2.59. The lowest BCUT2D eigenvalue weighted by molar-refractivity contribution is -0.140. The smallest absolute Gasteiger partial charge is 0.227 e. The number of nitrogens with zero attached hydrogens (tertiary/aromatic N) is 1. The van der Waals surface area contributed by atoms with Crippen LogP contribution < -0.4 is 5.32 Å². The van der Waals surface area contributed by atoms with Crippen molar-refractivity contribution in [1.82, 2.24) is 10.2 Å². The van der Waals surface area contributed by atoms with Crippen molar-refractivity contribution in [1.29, 1.82) is 0 Å². The standard InChI is InChI=1S/C14H26N2O.ClH/c1-2-6-13-8-3-4-10-16(13)14(17)12-7-5-9-15-11-12;/h12-13,15H,2-11H2,1H3;1H. The number of halogens is 1.